The average molecular weight is 662 g/mol. The summed E-state index contributed by atoms with van der Waals surface area (Å²) in [5, 5.41) is 3.36. The number of carbonyl (C=O) groups excluding carboxylic acids is 2. The monoisotopic (exact) mass is 661 g/mol. The Morgan fingerprint density at radius 1 is 0.870 bits per heavy atom. The lowest BCUT2D eigenvalue weighted by atomic mass is 10.0. The minimum atomic E-state index is -4.23. The quantitative estimate of drug-likeness (QED) is 0.172. The van der Waals surface area contributed by atoms with Crippen molar-refractivity contribution in [3.63, 3.8) is 0 Å². The lowest BCUT2D eigenvalue weighted by molar-refractivity contribution is -0.140. The SMILES string of the molecule is COc1cccc(CN(C(=O)CN(c2cccc(Cl)c2C)S(=O)(=O)c2ccccc2)C(Cc2ccccc2)C(=O)NCC(C)C)c1. The van der Waals surface area contributed by atoms with E-state index in [-0.39, 0.29) is 35.4 Å². The van der Waals surface area contributed by atoms with E-state index in [9.17, 15) is 18.0 Å². The molecule has 0 radical (unpaired) electrons. The molecule has 1 atom stereocenters. The number of nitrogens with zero attached hydrogens (tertiary/aromatic N) is 2. The van der Waals surface area contributed by atoms with Gasteiger partial charge in [-0.25, -0.2) is 8.42 Å². The Kier molecular flexibility index (Phi) is 11.8. The first-order valence-corrected chi connectivity index (χ1v) is 16.9. The topological polar surface area (TPSA) is 96.0 Å². The van der Waals surface area contributed by atoms with E-state index in [0.29, 0.717) is 22.9 Å². The molecule has 4 aromatic carbocycles. The van der Waals surface area contributed by atoms with Crippen molar-refractivity contribution in [3.05, 3.63) is 125 Å². The maximum absolute atomic E-state index is 14.6. The van der Waals surface area contributed by atoms with Crippen molar-refractivity contribution in [2.24, 2.45) is 5.92 Å². The van der Waals surface area contributed by atoms with E-state index in [2.05, 4.69) is 5.32 Å². The van der Waals surface area contributed by atoms with Crippen molar-refractivity contribution in [1.29, 1.82) is 0 Å². The molecule has 0 heterocycles. The van der Waals surface area contributed by atoms with Gasteiger partial charge < -0.3 is 15.0 Å². The maximum atomic E-state index is 14.6. The first-order valence-electron chi connectivity index (χ1n) is 15.1. The van der Waals surface area contributed by atoms with Crippen LogP contribution in [-0.4, -0.2) is 51.4 Å². The van der Waals surface area contributed by atoms with Crippen LogP contribution in [0.1, 0.15) is 30.5 Å². The van der Waals surface area contributed by atoms with Crippen molar-refractivity contribution in [2.45, 2.75) is 44.7 Å². The Hall–Kier alpha value is -4.34. The number of methoxy groups -OCH3 is 1. The van der Waals surface area contributed by atoms with Crippen LogP contribution in [0.4, 0.5) is 5.69 Å². The lowest BCUT2D eigenvalue weighted by Gasteiger charge is -2.34. The summed E-state index contributed by atoms with van der Waals surface area (Å²) in [6.45, 7) is 5.58. The van der Waals surface area contributed by atoms with Gasteiger partial charge in [-0.3, -0.25) is 13.9 Å². The molecule has 4 aromatic rings. The molecule has 0 aliphatic rings. The van der Waals surface area contributed by atoms with E-state index in [1.165, 1.54) is 17.0 Å². The highest BCUT2D eigenvalue weighted by molar-refractivity contribution is 7.92. The molecule has 0 saturated carbocycles. The molecule has 1 unspecified atom stereocenters. The molecule has 2 amide bonds. The third-order valence-corrected chi connectivity index (χ3v) is 9.74. The second-order valence-corrected chi connectivity index (χ2v) is 13.7. The van der Waals surface area contributed by atoms with Gasteiger partial charge in [0.15, 0.2) is 0 Å². The van der Waals surface area contributed by atoms with Gasteiger partial charge in [0.1, 0.15) is 18.3 Å². The molecule has 0 fully saturated rings. The van der Waals surface area contributed by atoms with E-state index in [1.54, 1.807) is 62.6 Å². The first kappa shape index (κ1) is 34.5. The number of hydrogen-bond acceptors (Lipinski definition) is 5. The fourth-order valence-electron chi connectivity index (χ4n) is 5.04. The third-order valence-electron chi connectivity index (χ3n) is 7.56. The zero-order valence-electron chi connectivity index (χ0n) is 26.5. The van der Waals surface area contributed by atoms with Crippen molar-refractivity contribution in [2.75, 3.05) is 24.5 Å². The summed E-state index contributed by atoms with van der Waals surface area (Å²) < 4.78 is 34.9. The lowest BCUT2D eigenvalue weighted by Crippen LogP contribution is -2.53. The fraction of sp³-hybridized carbons (Fsp3) is 0.278. The molecule has 0 aliphatic carbocycles. The minimum absolute atomic E-state index is 0.0250. The van der Waals surface area contributed by atoms with Crippen molar-refractivity contribution in [3.8, 4) is 5.75 Å². The van der Waals surface area contributed by atoms with Crippen LogP contribution in [0, 0.1) is 12.8 Å². The summed E-state index contributed by atoms with van der Waals surface area (Å²) in [5.41, 5.74) is 2.36. The molecule has 0 spiro atoms. The molecule has 1 N–H and O–H groups in total. The number of sulfonamides is 1. The predicted octanol–water partition coefficient (Wildman–Crippen LogP) is 6.26. The Labute approximate surface area is 277 Å². The number of halogens is 1. The van der Waals surface area contributed by atoms with E-state index in [0.717, 1.165) is 15.4 Å². The number of benzene rings is 4. The highest BCUT2D eigenvalue weighted by Crippen LogP contribution is 2.31. The minimum Gasteiger partial charge on any atom is -0.497 e. The van der Waals surface area contributed by atoms with Gasteiger partial charge >= 0.3 is 0 Å². The summed E-state index contributed by atoms with van der Waals surface area (Å²) in [6.07, 6.45) is 0.224. The van der Waals surface area contributed by atoms with E-state index in [1.807, 2.05) is 56.3 Å². The van der Waals surface area contributed by atoms with Gasteiger partial charge in [-0.15, -0.1) is 0 Å². The molecule has 10 heteroatoms. The van der Waals surface area contributed by atoms with Crippen LogP contribution < -0.4 is 14.4 Å². The van der Waals surface area contributed by atoms with Crippen LogP contribution in [0.2, 0.25) is 5.02 Å². The van der Waals surface area contributed by atoms with Crippen LogP contribution in [0.5, 0.6) is 5.75 Å². The number of anilines is 1. The summed E-state index contributed by atoms with van der Waals surface area (Å²) >= 11 is 6.45. The number of nitrogens with one attached hydrogen (secondary N) is 1. The van der Waals surface area contributed by atoms with E-state index in [4.69, 9.17) is 16.3 Å². The second kappa shape index (κ2) is 15.8. The number of ether oxygens (including phenoxy) is 1. The molecule has 0 saturated heterocycles. The van der Waals surface area contributed by atoms with Gasteiger partial charge in [0, 0.05) is 24.5 Å². The molecule has 242 valence electrons. The van der Waals surface area contributed by atoms with Gasteiger partial charge in [-0.1, -0.05) is 92.2 Å². The number of carbonyl (C=O) groups is 2. The predicted molar refractivity (Wildman–Crippen MR) is 182 cm³/mol. The van der Waals surface area contributed by atoms with Gasteiger partial charge in [0.2, 0.25) is 11.8 Å². The molecular formula is C36H40ClN3O5S. The first-order chi connectivity index (χ1) is 22.0. The zero-order chi connectivity index (χ0) is 33.3. The standard InChI is InChI=1S/C36H40ClN3O5S/c1-26(2)23-38-36(42)34(22-28-13-7-5-8-14-28)39(24-29-15-11-16-30(21-29)45-4)35(41)25-40(33-20-12-19-32(37)27(33)3)46(43,44)31-17-9-6-10-18-31/h5-21,26,34H,22-25H2,1-4H3,(H,38,42). The fourth-order valence-corrected chi connectivity index (χ4v) is 6.71. The van der Waals surface area contributed by atoms with Crippen LogP contribution in [0.25, 0.3) is 0 Å². The van der Waals surface area contributed by atoms with Crippen LogP contribution in [0.3, 0.4) is 0 Å². The normalized spacial score (nSPS) is 12.0. The van der Waals surface area contributed by atoms with Gasteiger partial charge in [0.05, 0.1) is 17.7 Å². The second-order valence-electron chi connectivity index (χ2n) is 11.4. The molecular weight excluding hydrogens is 622 g/mol. The number of rotatable bonds is 14. The average Bonchev–Trinajstić information content (AvgIpc) is 3.06. The molecule has 0 bridgehead atoms. The van der Waals surface area contributed by atoms with E-state index < -0.39 is 28.5 Å². The zero-order valence-corrected chi connectivity index (χ0v) is 28.1. The summed E-state index contributed by atoms with van der Waals surface area (Å²) in [7, 11) is -2.67. The van der Waals surface area contributed by atoms with Gasteiger partial charge in [-0.05, 0) is 65.9 Å². The Morgan fingerprint density at radius 3 is 2.15 bits per heavy atom. The van der Waals surface area contributed by atoms with Crippen LogP contribution in [-0.2, 0) is 32.6 Å². The summed E-state index contributed by atoms with van der Waals surface area (Å²) in [6, 6.07) is 28.6. The van der Waals surface area contributed by atoms with Gasteiger partial charge in [-0.2, -0.15) is 0 Å². The van der Waals surface area contributed by atoms with Crippen molar-refractivity contribution in [1.82, 2.24) is 10.2 Å². The Balaban J connectivity index is 1.83. The third kappa shape index (κ3) is 8.68. The largest absolute Gasteiger partial charge is 0.497 e. The highest BCUT2D eigenvalue weighted by Gasteiger charge is 2.35. The maximum Gasteiger partial charge on any atom is 0.264 e. The number of amides is 2. The van der Waals surface area contributed by atoms with Crippen LogP contribution in [0.15, 0.2) is 108 Å². The summed E-state index contributed by atoms with van der Waals surface area (Å²) in [4.78, 5) is 30.0. The Bertz CT molecular complexity index is 1730. The molecule has 8 nitrogen and oxygen atoms in total. The smallest absolute Gasteiger partial charge is 0.264 e. The van der Waals surface area contributed by atoms with Gasteiger partial charge in [0.25, 0.3) is 10.0 Å². The van der Waals surface area contributed by atoms with E-state index >= 15 is 0 Å². The van der Waals surface area contributed by atoms with Crippen LogP contribution >= 0.6 is 11.6 Å². The number of hydrogen-bond donors (Lipinski definition) is 1. The molecule has 4 rings (SSSR count). The molecule has 46 heavy (non-hydrogen) atoms. The molecule has 0 aromatic heterocycles. The van der Waals surface area contributed by atoms with Crippen molar-refractivity contribution < 1.29 is 22.7 Å². The molecule has 0 aliphatic heterocycles. The Morgan fingerprint density at radius 2 is 1.50 bits per heavy atom. The van der Waals surface area contributed by atoms with Crippen molar-refractivity contribution >= 4 is 39.1 Å². The highest BCUT2D eigenvalue weighted by atomic mass is 35.5. The summed E-state index contributed by atoms with van der Waals surface area (Å²) in [5.74, 6) is -0.106.